The first-order chi connectivity index (χ1) is 10.3. The topological polar surface area (TPSA) is 29.9 Å². The summed E-state index contributed by atoms with van der Waals surface area (Å²) in [6.45, 7) is 3.30. The zero-order chi connectivity index (χ0) is 14.7. The molecule has 3 rings (SSSR count). The first-order valence-corrected chi connectivity index (χ1v) is 8.44. The number of hydrogen-bond donors (Lipinski definition) is 1. The molecule has 1 aliphatic carbocycles. The highest BCUT2D eigenvalue weighted by molar-refractivity contribution is 5.82. The van der Waals surface area contributed by atoms with E-state index in [1.165, 1.54) is 55.1 Å². The van der Waals surface area contributed by atoms with Crippen LogP contribution in [0.15, 0.2) is 24.3 Å². The number of fused-ring (bicyclic) bond motifs is 1. The fourth-order valence-electron chi connectivity index (χ4n) is 3.69. The van der Waals surface area contributed by atoms with Crippen molar-refractivity contribution in [1.82, 2.24) is 15.1 Å². The molecule has 0 amide bonds. The first kappa shape index (κ1) is 14.6. The van der Waals surface area contributed by atoms with Crippen LogP contribution in [-0.4, -0.2) is 16.3 Å². The molecule has 1 aromatic carbocycles. The third-order valence-electron chi connectivity index (χ3n) is 4.80. The van der Waals surface area contributed by atoms with E-state index >= 15 is 0 Å². The fourth-order valence-corrected chi connectivity index (χ4v) is 3.69. The van der Waals surface area contributed by atoms with E-state index in [4.69, 9.17) is 5.10 Å². The summed E-state index contributed by atoms with van der Waals surface area (Å²) in [6, 6.07) is 9.00. The molecule has 0 saturated heterocycles. The number of hydrogen-bond acceptors (Lipinski definition) is 2. The van der Waals surface area contributed by atoms with Gasteiger partial charge in [0.15, 0.2) is 0 Å². The normalized spacial score (nSPS) is 17.6. The van der Waals surface area contributed by atoms with Crippen LogP contribution < -0.4 is 5.32 Å². The molecule has 2 aromatic rings. The maximum absolute atomic E-state index is 4.84. The first-order valence-electron chi connectivity index (χ1n) is 8.44. The van der Waals surface area contributed by atoms with Crippen LogP contribution in [0.5, 0.6) is 0 Å². The summed E-state index contributed by atoms with van der Waals surface area (Å²) in [6.07, 6.45) is 8.03. The molecule has 0 radical (unpaired) electrons. The second-order valence-electron chi connectivity index (χ2n) is 6.42. The highest BCUT2D eigenvalue weighted by Crippen LogP contribution is 2.34. The molecule has 1 saturated carbocycles. The summed E-state index contributed by atoms with van der Waals surface area (Å²) in [5, 5.41) is 9.89. The van der Waals surface area contributed by atoms with Crippen molar-refractivity contribution in [3.05, 3.63) is 30.0 Å². The van der Waals surface area contributed by atoms with Crippen molar-refractivity contribution in [3.63, 3.8) is 0 Å². The second-order valence-corrected chi connectivity index (χ2v) is 6.42. The standard InChI is InChI=1S/C18H27N3/c1-3-12-19-16(13-14-8-4-5-9-14)18-15-10-6-7-11-17(15)21(2)20-18/h6-7,10-11,14,16,19H,3-5,8-9,12-13H2,1-2H3. The predicted molar refractivity (Wildman–Crippen MR) is 88.3 cm³/mol. The molecule has 0 spiro atoms. The van der Waals surface area contributed by atoms with Gasteiger partial charge in [0.2, 0.25) is 0 Å². The highest BCUT2D eigenvalue weighted by atomic mass is 15.3. The highest BCUT2D eigenvalue weighted by Gasteiger charge is 2.24. The third kappa shape index (κ3) is 3.13. The van der Waals surface area contributed by atoms with Gasteiger partial charge in [-0.05, 0) is 31.4 Å². The molecule has 114 valence electrons. The zero-order valence-corrected chi connectivity index (χ0v) is 13.3. The van der Waals surface area contributed by atoms with Gasteiger partial charge in [0.05, 0.1) is 17.3 Å². The van der Waals surface area contributed by atoms with Gasteiger partial charge < -0.3 is 5.32 Å². The molecule has 1 fully saturated rings. The summed E-state index contributed by atoms with van der Waals surface area (Å²) >= 11 is 0. The lowest BCUT2D eigenvalue weighted by atomic mass is 9.95. The number of aryl methyl sites for hydroxylation is 1. The molecule has 0 aliphatic heterocycles. The minimum absolute atomic E-state index is 0.402. The predicted octanol–water partition coefficient (Wildman–Crippen LogP) is 4.19. The Kier molecular flexibility index (Phi) is 4.59. The molecule has 1 aliphatic rings. The Morgan fingerprint density at radius 2 is 2.05 bits per heavy atom. The summed E-state index contributed by atoms with van der Waals surface area (Å²) in [4.78, 5) is 0. The molecule has 1 atom stereocenters. The van der Waals surface area contributed by atoms with Crippen LogP contribution in [0.25, 0.3) is 10.9 Å². The minimum atomic E-state index is 0.402. The van der Waals surface area contributed by atoms with E-state index in [1.54, 1.807) is 0 Å². The molecule has 3 heteroatoms. The van der Waals surface area contributed by atoms with Crippen molar-refractivity contribution in [2.24, 2.45) is 13.0 Å². The van der Waals surface area contributed by atoms with Crippen LogP contribution in [0.4, 0.5) is 0 Å². The average Bonchev–Trinajstić information content (AvgIpc) is 3.12. The van der Waals surface area contributed by atoms with Crippen molar-refractivity contribution < 1.29 is 0 Å². The maximum atomic E-state index is 4.84. The van der Waals surface area contributed by atoms with Crippen LogP contribution in [0, 0.1) is 5.92 Å². The number of aromatic nitrogens is 2. The average molecular weight is 285 g/mol. The minimum Gasteiger partial charge on any atom is -0.309 e. The molecule has 1 heterocycles. The number of benzene rings is 1. The van der Waals surface area contributed by atoms with Crippen molar-refractivity contribution in [2.75, 3.05) is 6.54 Å². The lowest BCUT2D eigenvalue weighted by molar-refractivity contribution is 0.389. The SMILES string of the molecule is CCCNC(CC1CCCC1)c1nn(C)c2ccccc12. The van der Waals surface area contributed by atoms with Gasteiger partial charge in [-0.15, -0.1) is 0 Å². The van der Waals surface area contributed by atoms with Gasteiger partial charge in [-0.25, -0.2) is 0 Å². The van der Waals surface area contributed by atoms with Crippen molar-refractivity contribution in [3.8, 4) is 0 Å². The van der Waals surface area contributed by atoms with Crippen LogP contribution >= 0.6 is 0 Å². The number of nitrogens with zero attached hydrogens (tertiary/aromatic N) is 2. The Labute approximate surface area is 127 Å². The van der Waals surface area contributed by atoms with Crippen LogP contribution in [0.2, 0.25) is 0 Å². The third-order valence-corrected chi connectivity index (χ3v) is 4.80. The van der Waals surface area contributed by atoms with Gasteiger partial charge in [0.25, 0.3) is 0 Å². The Hall–Kier alpha value is -1.35. The number of para-hydroxylation sites is 1. The van der Waals surface area contributed by atoms with E-state index in [9.17, 15) is 0 Å². The smallest absolute Gasteiger partial charge is 0.0872 e. The Balaban J connectivity index is 1.89. The van der Waals surface area contributed by atoms with Gasteiger partial charge in [-0.1, -0.05) is 50.8 Å². The van der Waals surface area contributed by atoms with E-state index in [2.05, 4.69) is 43.6 Å². The second kappa shape index (κ2) is 6.61. The lowest BCUT2D eigenvalue weighted by Gasteiger charge is -2.20. The van der Waals surface area contributed by atoms with Crippen molar-refractivity contribution >= 4 is 10.9 Å². The number of rotatable bonds is 6. The summed E-state index contributed by atoms with van der Waals surface area (Å²) in [5.41, 5.74) is 2.48. The molecular formula is C18H27N3. The molecule has 1 aromatic heterocycles. The monoisotopic (exact) mass is 285 g/mol. The van der Waals surface area contributed by atoms with E-state index in [-0.39, 0.29) is 0 Å². The summed E-state index contributed by atoms with van der Waals surface area (Å²) < 4.78 is 2.03. The molecular weight excluding hydrogens is 258 g/mol. The van der Waals surface area contributed by atoms with Gasteiger partial charge in [-0.2, -0.15) is 5.10 Å². The molecule has 0 bridgehead atoms. The zero-order valence-electron chi connectivity index (χ0n) is 13.3. The largest absolute Gasteiger partial charge is 0.309 e. The van der Waals surface area contributed by atoms with Gasteiger partial charge in [-0.3, -0.25) is 4.68 Å². The van der Waals surface area contributed by atoms with E-state index in [0.29, 0.717) is 6.04 Å². The quantitative estimate of drug-likeness (QED) is 0.862. The maximum Gasteiger partial charge on any atom is 0.0872 e. The number of nitrogens with one attached hydrogen (secondary N) is 1. The fraction of sp³-hybridized carbons (Fsp3) is 0.611. The van der Waals surface area contributed by atoms with Gasteiger partial charge in [0, 0.05) is 12.4 Å². The van der Waals surface area contributed by atoms with Crippen molar-refractivity contribution in [1.29, 1.82) is 0 Å². The molecule has 1 N–H and O–H groups in total. The van der Waals surface area contributed by atoms with E-state index in [0.717, 1.165) is 12.5 Å². The summed E-state index contributed by atoms with van der Waals surface area (Å²) in [5.74, 6) is 0.875. The lowest BCUT2D eigenvalue weighted by Crippen LogP contribution is -2.24. The summed E-state index contributed by atoms with van der Waals surface area (Å²) in [7, 11) is 2.05. The van der Waals surface area contributed by atoms with Crippen LogP contribution in [-0.2, 0) is 7.05 Å². The van der Waals surface area contributed by atoms with Crippen molar-refractivity contribution in [2.45, 2.75) is 51.5 Å². The molecule has 3 nitrogen and oxygen atoms in total. The van der Waals surface area contributed by atoms with Crippen LogP contribution in [0.3, 0.4) is 0 Å². The molecule has 1 unspecified atom stereocenters. The van der Waals surface area contributed by atoms with E-state index in [1.807, 2.05) is 4.68 Å². The van der Waals surface area contributed by atoms with Gasteiger partial charge >= 0.3 is 0 Å². The Bertz CT molecular complexity index is 581. The Morgan fingerprint density at radius 1 is 1.29 bits per heavy atom. The Morgan fingerprint density at radius 3 is 2.81 bits per heavy atom. The van der Waals surface area contributed by atoms with Gasteiger partial charge in [0.1, 0.15) is 0 Å². The molecule has 21 heavy (non-hydrogen) atoms. The van der Waals surface area contributed by atoms with E-state index < -0.39 is 0 Å². The van der Waals surface area contributed by atoms with Crippen LogP contribution in [0.1, 0.15) is 57.2 Å².